The van der Waals surface area contributed by atoms with Crippen molar-refractivity contribution in [2.45, 2.75) is 32.4 Å². The van der Waals surface area contributed by atoms with Crippen molar-refractivity contribution in [2.75, 3.05) is 13.2 Å². The van der Waals surface area contributed by atoms with Gasteiger partial charge in [0.05, 0.1) is 37.5 Å². The molecule has 114 valence electrons. The van der Waals surface area contributed by atoms with Crippen molar-refractivity contribution in [3.05, 3.63) is 40.9 Å². The van der Waals surface area contributed by atoms with Crippen LogP contribution in [0.4, 0.5) is 0 Å². The predicted molar refractivity (Wildman–Crippen MR) is 87.9 cm³/mol. The zero-order valence-electron chi connectivity index (χ0n) is 12.3. The highest BCUT2D eigenvalue weighted by Crippen LogP contribution is 2.25. The number of hydrogen-bond donors (Lipinski definition) is 0. The van der Waals surface area contributed by atoms with Gasteiger partial charge in [-0.25, -0.2) is 4.98 Å². The van der Waals surface area contributed by atoms with Gasteiger partial charge >= 0.3 is 0 Å². The third kappa shape index (κ3) is 5.40. The van der Waals surface area contributed by atoms with Crippen LogP contribution in [0.2, 0.25) is 0 Å². The maximum atomic E-state index is 5.79. The molecule has 0 atom stereocenters. The summed E-state index contributed by atoms with van der Waals surface area (Å²) < 4.78 is 11.1. The highest BCUT2D eigenvalue weighted by Gasteiger charge is 2.05. The summed E-state index contributed by atoms with van der Waals surface area (Å²) in [5.74, 6) is 0.454. The molecule has 0 aliphatic rings. The molecule has 0 N–H and O–H groups in total. The lowest BCUT2D eigenvalue weighted by atomic mass is 10.1. The van der Waals surface area contributed by atoms with E-state index in [1.54, 1.807) is 11.3 Å². The summed E-state index contributed by atoms with van der Waals surface area (Å²) in [7, 11) is 0. The lowest BCUT2D eigenvalue weighted by Gasteiger charge is -2.08. The molecule has 21 heavy (non-hydrogen) atoms. The molecule has 1 aromatic carbocycles. The van der Waals surface area contributed by atoms with E-state index in [2.05, 4.69) is 23.2 Å². The number of halogens is 1. The van der Waals surface area contributed by atoms with Crippen molar-refractivity contribution >= 4 is 22.9 Å². The first-order chi connectivity index (χ1) is 10.2. The van der Waals surface area contributed by atoms with Gasteiger partial charge in [-0.05, 0) is 25.5 Å². The summed E-state index contributed by atoms with van der Waals surface area (Å²) in [6.45, 7) is 5.86. The number of nitrogens with zero attached hydrogens (tertiary/aromatic N) is 1. The van der Waals surface area contributed by atoms with Gasteiger partial charge in [-0.1, -0.05) is 18.2 Å². The molecule has 0 amide bonds. The average molecular weight is 326 g/mol. The van der Waals surface area contributed by atoms with Crippen LogP contribution in [-0.4, -0.2) is 24.3 Å². The molecule has 0 bridgehead atoms. The first-order valence-electron chi connectivity index (χ1n) is 6.98. The summed E-state index contributed by atoms with van der Waals surface area (Å²) in [6, 6.07) is 8.26. The number of alkyl halides is 1. The third-order valence-electron chi connectivity index (χ3n) is 2.81. The molecule has 5 heteroatoms. The molecular weight excluding hydrogens is 306 g/mol. The lowest BCUT2D eigenvalue weighted by molar-refractivity contribution is 0.0143. The Kier molecular flexibility index (Phi) is 6.64. The second kappa shape index (κ2) is 8.49. The van der Waals surface area contributed by atoms with Gasteiger partial charge < -0.3 is 9.47 Å². The Labute approximate surface area is 134 Å². The molecule has 0 saturated heterocycles. The summed E-state index contributed by atoms with van der Waals surface area (Å²) >= 11 is 7.41. The van der Waals surface area contributed by atoms with Crippen molar-refractivity contribution in [1.29, 1.82) is 0 Å². The molecular formula is C16H20ClNO2S. The minimum Gasteiger partial charge on any atom is -0.376 e. The second-order valence-electron chi connectivity index (χ2n) is 4.95. The van der Waals surface area contributed by atoms with Crippen LogP contribution in [0.5, 0.6) is 0 Å². The molecule has 1 heterocycles. The highest BCUT2D eigenvalue weighted by atomic mass is 35.5. The van der Waals surface area contributed by atoms with Crippen molar-refractivity contribution in [1.82, 2.24) is 4.98 Å². The number of ether oxygens (including phenoxy) is 2. The van der Waals surface area contributed by atoms with Crippen LogP contribution in [0.25, 0.3) is 10.6 Å². The average Bonchev–Trinajstić information content (AvgIpc) is 2.96. The van der Waals surface area contributed by atoms with E-state index in [9.17, 15) is 0 Å². The third-order valence-corrected chi connectivity index (χ3v) is 4.02. The summed E-state index contributed by atoms with van der Waals surface area (Å²) in [6.07, 6.45) is 0.248. The maximum Gasteiger partial charge on any atom is 0.123 e. The van der Waals surface area contributed by atoms with E-state index in [0.717, 1.165) is 21.8 Å². The van der Waals surface area contributed by atoms with Crippen LogP contribution in [-0.2, 0) is 22.0 Å². The second-order valence-corrected chi connectivity index (χ2v) is 6.08. The molecule has 0 radical (unpaired) electrons. The minimum atomic E-state index is 0.248. The van der Waals surface area contributed by atoms with Gasteiger partial charge in [0, 0.05) is 10.9 Å². The van der Waals surface area contributed by atoms with Gasteiger partial charge in [-0.15, -0.1) is 22.9 Å². The molecule has 0 unspecified atom stereocenters. The van der Waals surface area contributed by atoms with E-state index in [1.807, 2.05) is 25.3 Å². The molecule has 0 fully saturated rings. The molecule has 0 aliphatic carbocycles. The lowest BCUT2D eigenvalue weighted by Crippen LogP contribution is -2.09. The van der Waals surface area contributed by atoms with Crippen molar-refractivity contribution < 1.29 is 9.47 Å². The van der Waals surface area contributed by atoms with Gasteiger partial charge in [0.15, 0.2) is 0 Å². The van der Waals surface area contributed by atoms with Gasteiger partial charge in [-0.3, -0.25) is 0 Å². The maximum absolute atomic E-state index is 5.79. The first kappa shape index (κ1) is 16.4. The number of thiazole rings is 1. The SMILES string of the molecule is CC(C)OCCOCc1cccc(-c2nc(CCl)cs2)c1. The fraction of sp³-hybridized carbons (Fsp3) is 0.438. The number of benzene rings is 1. The van der Waals surface area contributed by atoms with E-state index in [-0.39, 0.29) is 6.10 Å². The summed E-state index contributed by atoms with van der Waals surface area (Å²) in [4.78, 5) is 4.49. The predicted octanol–water partition coefficient (Wildman–Crippen LogP) is 4.49. The van der Waals surface area contributed by atoms with Crippen LogP contribution in [0, 0.1) is 0 Å². The molecule has 2 rings (SSSR count). The quantitative estimate of drug-likeness (QED) is 0.529. The topological polar surface area (TPSA) is 31.4 Å². The van der Waals surface area contributed by atoms with Gasteiger partial charge in [0.25, 0.3) is 0 Å². The first-order valence-corrected chi connectivity index (χ1v) is 8.39. The molecule has 0 aliphatic heterocycles. The Morgan fingerprint density at radius 1 is 1.29 bits per heavy atom. The molecule has 2 aromatic rings. The number of hydrogen-bond acceptors (Lipinski definition) is 4. The van der Waals surface area contributed by atoms with E-state index in [1.165, 1.54) is 0 Å². The fourth-order valence-electron chi connectivity index (χ4n) is 1.83. The van der Waals surface area contributed by atoms with Gasteiger partial charge in [-0.2, -0.15) is 0 Å². The van der Waals surface area contributed by atoms with Crippen LogP contribution >= 0.6 is 22.9 Å². The smallest absolute Gasteiger partial charge is 0.123 e. The van der Waals surface area contributed by atoms with Gasteiger partial charge in [0.1, 0.15) is 5.01 Å². The summed E-state index contributed by atoms with van der Waals surface area (Å²) in [5, 5.41) is 2.99. The van der Waals surface area contributed by atoms with Crippen molar-refractivity contribution in [3.63, 3.8) is 0 Å². The molecule has 3 nitrogen and oxygen atoms in total. The van der Waals surface area contributed by atoms with E-state index >= 15 is 0 Å². The Morgan fingerprint density at radius 3 is 2.86 bits per heavy atom. The van der Waals surface area contributed by atoms with E-state index in [4.69, 9.17) is 21.1 Å². The number of aromatic nitrogens is 1. The van der Waals surface area contributed by atoms with Crippen LogP contribution in [0.3, 0.4) is 0 Å². The van der Waals surface area contributed by atoms with Crippen LogP contribution in [0.1, 0.15) is 25.1 Å². The molecule has 1 aromatic heterocycles. The Balaban J connectivity index is 1.89. The van der Waals surface area contributed by atoms with Crippen molar-refractivity contribution in [3.8, 4) is 10.6 Å². The Bertz CT molecular complexity index is 557. The van der Waals surface area contributed by atoms with E-state index < -0.39 is 0 Å². The van der Waals surface area contributed by atoms with Crippen molar-refractivity contribution in [2.24, 2.45) is 0 Å². The van der Waals surface area contributed by atoms with E-state index in [0.29, 0.717) is 25.7 Å². The highest BCUT2D eigenvalue weighted by molar-refractivity contribution is 7.13. The summed E-state index contributed by atoms with van der Waals surface area (Å²) in [5.41, 5.74) is 3.17. The number of rotatable bonds is 8. The fourth-order valence-corrected chi connectivity index (χ4v) is 2.87. The zero-order chi connectivity index (χ0) is 15.1. The molecule has 0 saturated carbocycles. The largest absolute Gasteiger partial charge is 0.376 e. The zero-order valence-corrected chi connectivity index (χ0v) is 13.9. The monoisotopic (exact) mass is 325 g/mol. The normalized spacial score (nSPS) is 11.2. The molecule has 0 spiro atoms. The van der Waals surface area contributed by atoms with Gasteiger partial charge in [0.2, 0.25) is 0 Å². The van der Waals surface area contributed by atoms with Crippen LogP contribution < -0.4 is 0 Å². The Hall–Kier alpha value is -0.940. The minimum absolute atomic E-state index is 0.248. The van der Waals surface area contributed by atoms with Crippen LogP contribution in [0.15, 0.2) is 29.6 Å². The Morgan fingerprint density at radius 2 is 2.14 bits per heavy atom. The standard InChI is InChI=1S/C16H20ClNO2S/c1-12(2)20-7-6-19-10-13-4-3-5-14(8-13)16-18-15(9-17)11-21-16/h3-5,8,11-12H,6-7,9-10H2,1-2H3.